The summed E-state index contributed by atoms with van der Waals surface area (Å²) in [6.45, 7) is 1.51. The van der Waals surface area contributed by atoms with Crippen molar-refractivity contribution < 1.29 is 22.7 Å². The zero-order valence-corrected chi connectivity index (χ0v) is 10.8. The fraction of sp³-hybridized carbons (Fsp3) is 0.364. The summed E-state index contributed by atoms with van der Waals surface area (Å²) in [5.41, 5.74) is -0.242. The highest BCUT2D eigenvalue weighted by Gasteiger charge is 2.17. The molecule has 0 aliphatic rings. The third-order valence-corrected chi connectivity index (χ3v) is 3.23. The van der Waals surface area contributed by atoms with Crippen LogP contribution in [0.2, 0.25) is 0 Å². The number of sulfone groups is 1. The molecule has 1 rings (SSSR count). The molecular weight excluding hydrogens is 261 g/mol. The number of hydrogen-bond acceptors (Lipinski definition) is 4. The molecule has 1 atom stereocenters. The molecule has 0 spiro atoms. The molecule has 1 aromatic carbocycles. The van der Waals surface area contributed by atoms with E-state index >= 15 is 0 Å². The van der Waals surface area contributed by atoms with Gasteiger partial charge in [0, 0.05) is 18.4 Å². The molecule has 0 aromatic heterocycles. The van der Waals surface area contributed by atoms with E-state index in [9.17, 15) is 17.6 Å². The molecule has 1 aromatic rings. The lowest BCUT2D eigenvalue weighted by atomic mass is 10.2. The Bertz CT molecular complexity index is 556. The number of hydrogen-bond donors (Lipinski definition) is 2. The third kappa shape index (κ3) is 4.33. The summed E-state index contributed by atoms with van der Waals surface area (Å²) in [5.74, 6) is -2.09. The molecule has 7 heteroatoms. The molecule has 0 saturated carbocycles. The van der Waals surface area contributed by atoms with Gasteiger partial charge in [0.05, 0.1) is 11.3 Å². The van der Waals surface area contributed by atoms with Gasteiger partial charge in [-0.25, -0.2) is 12.8 Å². The Balaban J connectivity index is 2.77. The molecule has 0 aliphatic heterocycles. The van der Waals surface area contributed by atoms with Gasteiger partial charge >= 0.3 is 0 Å². The van der Waals surface area contributed by atoms with Crippen LogP contribution in [-0.2, 0) is 9.84 Å². The minimum absolute atomic E-state index is 0.224. The molecule has 1 unspecified atom stereocenters. The van der Waals surface area contributed by atoms with Crippen LogP contribution in [0.4, 0.5) is 4.39 Å². The zero-order valence-electron chi connectivity index (χ0n) is 9.97. The van der Waals surface area contributed by atoms with E-state index in [1.807, 2.05) is 0 Å². The number of phenolic OH excluding ortho intramolecular Hbond substituents is 1. The van der Waals surface area contributed by atoms with Gasteiger partial charge in [0.15, 0.2) is 0 Å². The fourth-order valence-electron chi connectivity index (χ4n) is 1.49. The summed E-state index contributed by atoms with van der Waals surface area (Å²) < 4.78 is 35.4. The quantitative estimate of drug-likeness (QED) is 0.847. The number of aromatic hydroxyl groups is 1. The largest absolute Gasteiger partial charge is 0.508 e. The molecule has 0 saturated heterocycles. The molecule has 100 valence electrons. The van der Waals surface area contributed by atoms with Gasteiger partial charge in [-0.05, 0) is 19.1 Å². The first-order valence-corrected chi connectivity index (χ1v) is 7.22. The zero-order chi connectivity index (χ0) is 13.9. The normalized spacial score (nSPS) is 13.1. The van der Waals surface area contributed by atoms with Gasteiger partial charge in [-0.15, -0.1) is 0 Å². The average molecular weight is 275 g/mol. The summed E-state index contributed by atoms with van der Waals surface area (Å²) in [6, 6.07) is 2.50. The van der Waals surface area contributed by atoms with E-state index < -0.39 is 27.6 Å². The molecule has 0 bridgehead atoms. The SMILES string of the molecule is CC(CS(C)(=O)=O)NC(=O)c1ccc(O)cc1F. The van der Waals surface area contributed by atoms with E-state index in [0.29, 0.717) is 0 Å². The minimum atomic E-state index is -3.22. The van der Waals surface area contributed by atoms with Crippen molar-refractivity contribution in [1.82, 2.24) is 5.32 Å². The Hall–Kier alpha value is -1.63. The van der Waals surface area contributed by atoms with Crippen molar-refractivity contribution in [1.29, 1.82) is 0 Å². The van der Waals surface area contributed by atoms with Crippen molar-refractivity contribution in [3.05, 3.63) is 29.6 Å². The van der Waals surface area contributed by atoms with Crippen molar-refractivity contribution in [2.24, 2.45) is 0 Å². The molecule has 0 aliphatic carbocycles. The monoisotopic (exact) mass is 275 g/mol. The molecule has 0 fully saturated rings. The first-order valence-electron chi connectivity index (χ1n) is 5.16. The Morgan fingerprint density at radius 1 is 1.50 bits per heavy atom. The smallest absolute Gasteiger partial charge is 0.254 e. The standard InChI is InChI=1S/C11H14FNO4S/c1-7(6-18(2,16)17)13-11(15)9-4-3-8(14)5-10(9)12/h3-5,7,14H,6H2,1-2H3,(H,13,15). The summed E-state index contributed by atoms with van der Waals surface area (Å²) in [6.07, 6.45) is 1.05. The Morgan fingerprint density at radius 3 is 2.61 bits per heavy atom. The van der Waals surface area contributed by atoms with Crippen LogP contribution in [0.3, 0.4) is 0 Å². The maximum atomic E-state index is 13.4. The van der Waals surface area contributed by atoms with Crippen LogP contribution in [-0.4, -0.2) is 37.5 Å². The first kappa shape index (κ1) is 14.4. The lowest BCUT2D eigenvalue weighted by Crippen LogP contribution is -2.37. The molecule has 5 nitrogen and oxygen atoms in total. The van der Waals surface area contributed by atoms with Gasteiger partial charge in [0.2, 0.25) is 0 Å². The maximum Gasteiger partial charge on any atom is 0.254 e. The van der Waals surface area contributed by atoms with Crippen molar-refractivity contribution >= 4 is 15.7 Å². The molecule has 1 amide bonds. The highest BCUT2D eigenvalue weighted by molar-refractivity contribution is 7.90. The number of carbonyl (C=O) groups is 1. The van der Waals surface area contributed by atoms with Gasteiger partial charge in [-0.3, -0.25) is 4.79 Å². The minimum Gasteiger partial charge on any atom is -0.508 e. The van der Waals surface area contributed by atoms with E-state index in [1.54, 1.807) is 0 Å². The van der Waals surface area contributed by atoms with Crippen LogP contribution >= 0.6 is 0 Å². The van der Waals surface area contributed by atoms with E-state index in [2.05, 4.69) is 5.32 Å². The summed E-state index contributed by atoms with van der Waals surface area (Å²) in [4.78, 5) is 11.6. The van der Waals surface area contributed by atoms with Crippen molar-refractivity contribution in [3.8, 4) is 5.75 Å². The number of nitrogens with one attached hydrogen (secondary N) is 1. The van der Waals surface area contributed by atoms with Crippen LogP contribution in [0.15, 0.2) is 18.2 Å². The number of halogens is 1. The predicted octanol–water partition coefficient (Wildman–Crippen LogP) is 0.694. The van der Waals surface area contributed by atoms with E-state index in [-0.39, 0.29) is 17.1 Å². The number of amides is 1. The number of rotatable bonds is 4. The van der Waals surface area contributed by atoms with Gasteiger partial charge in [0.1, 0.15) is 21.4 Å². The van der Waals surface area contributed by atoms with E-state index in [1.165, 1.54) is 13.0 Å². The van der Waals surface area contributed by atoms with Gasteiger partial charge in [-0.2, -0.15) is 0 Å². The van der Waals surface area contributed by atoms with E-state index in [4.69, 9.17) is 5.11 Å². The highest BCUT2D eigenvalue weighted by Crippen LogP contribution is 2.14. The van der Waals surface area contributed by atoms with Gasteiger partial charge in [0.25, 0.3) is 5.91 Å². The number of benzene rings is 1. The summed E-state index contributed by atoms with van der Waals surface area (Å²) in [7, 11) is -3.22. The van der Waals surface area contributed by atoms with Crippen LogP contribution in [0.5, 0.6) is 5.75 Å². The number of carbonyl (C=O) groups excluding carboxylic acids is 1. The summed E-state index contributed by atoms with van der Waals surface area (Å²) >= 11 is 0. The van der Waals surface area contributed by atoms with Crippen molar-refractivity contribution in [2.75, 3.05) is 12.0 Å². The van der Waals surface area contributed by atoms with Gasteiger partial charge in [-0.1, -0.05) is 0 Å². The molecule has 0 heterocycles. The second-order valence-electron chi connectivity index (χ2n) is 4.13. The van der Waals surface area contributed by atoms with Crippen LogP contribution < -0.4 is 5.32 Å². The number of phenols is 1. The van der Waals surface area contributed by atoms with Crippen molar-refractivity contribution in [3.63, 3.8) is 0 Å². The second-order valence-corrected chi connectivity index (χ2v) is 6.32. The second kappa shape index (κ2) is 5.34. The van der Waals surface area contributed by atoms with E-state index in [0.717, 1.165) is 18.4 Å². The molecule has 18 heavy (non-hydrogen) atoms. The van der Waals surface area contributed by atoms with Crippen LogP contribution in [0.25, 0.3) is 0 Å². The Kier molecular flexibility index (Phi) is 4.28. The summed E-state index contributed by atoms with van der Waals surface area (Å²) in [5, 5.41) is 11.4. The fourth-order valence-corrected chi connectivity index (χ4v) is 2.48. The lowest BCUT2D eigenvalue weighted by Gasteiger charge is -2.13. The average Bonchev–Trinajstić information content (AvgIpc) is 2.13. The topological polar surface area (TPSA) is 83.5 Å². The lowest BCUT2D eigenvalue weighted by molar-refractivity contribution is 0.0939. The maximum absolute atomic E-state index is 13.4. The molecular formula is C11H14FNO4S. The predicted molar refractivity (Wildman–Crippen MR) is 64.7 cm³/mol. The van der Waals surface area contributed by atoms with Crippen LogP contribution in [0.1, 0.15) is 17.3 Å². The van der Waals surface area contributed by atoms with Crippen LogP contribution in [0, 0.1) is 5.82 Å². The van der Waals surface area contributed by atoms with Gasteiger partial charge < -0.3 is 10.4 Å². The van der Waals surface area contributed by atoms with Crippen molar-refractivity contribution in [2.45, 2.75) is 13.0 Å². The first-order chi connectivity index (χ1) is 8.19. The third-order valence-electron chi connectivity index (χ3n) is 2.13. The Labute approximate surface area is 105 Å². The Morgan fingerprint density at radius 2 is 2.11 bits per heavy atom. The highest BCUT2D eigenvalue weighted by atomic mass is 32.2. The molecule has 2 N–H and O–H groups in total. The molecule has 0 radical (unpaired) electrons.